The SMILES string of the molecule is CCCOCC1CC2(N=C(N)N(C)C2=O)c2cc(-c3cc(C#N)ccc3C)ccc2O1. The van der Waals surface area contributed by atoms with E-state index in [9.17, 15) is 10.1 Å². The van der Waals surface area contributed by atoms with Crippen molar-refractivity contribution in [2.24, 2.45) is 10.7 Å². The van der Waals surface area contributed by atoms with Crippen molar-refractivity contribution in [3.05, 3.63) is 53.1 Å². The summed E-state index contributed by atoms with van der Waals surface area (Å²) in [4.78, 5) is 19.4. The molecule has 2 unspecified atom stereocenters. The molecule has 2 aliphatic rings. The average Bonchev–Trinajstić information content (AvgIpc) is 2.98. The number of nitrogens with two attached hydrogens (primary N) is 1. The normalized spacial score (nSPS) is 22.1. The third-order valence-electron chi connectivity index (χ3n) is 5.88. The fourth-order valence-corrected chi connectivity index (χ4v) is 4.25. The minimum absolute atomic E-state index is 0.172. The number of likely N-dealkylation sites (N-methyl/N-ethyl adjacent to an activating group) is 1. The van der Waals surface area contributed by atoms with Gasteiger partial charge in [0.25, 0.3) is 5.91 Å². The van der Waals surface area contributed by atoms with E-state index in [0.717, 1.165) is 23.1 Å². The molecule has 2 aromatic carbocycles. The number of hydrogen-bond donors (Lipinski definition) is 1. The van der Waals surface area contributed by atoms with Crippen LogP contribution in [0.25, 0.3) is 11.1 Å². The summed E-state index contributed by atoms with van der Waals surface area (Å²) in [5.74, 6) is 0.628. The number of nitriles is 1. The van der Waals surface area contributed by atoms with Crippen molar-refractivity contribution in [3.63, 3.8) is 0 Å². The maximum Gasteiger partial charge on any atom is 0.261 e. The van der Waals surface area contributed by atoms with E-state index < -0.39 is 5.54 Å². The highest BCUT2D eigenvalue weighted by atomic mass is 16.5. The van der Waals surface area contributed by atoms with Gasteiger partial charge in [0.2, 0.25) is 0 Å². The van der Waals surface area contributed by atoms with Crippen molar-refractivity contribution in [2.75, 3.05) is 20.3 Å². The van der Waals surface area contributed by atoms with Crippen LogP contribution in [0.15, 0.2) is 41.4 Å². The minimum Gasteiger partial charge on any atom is -0.488 e. The number of amides is 1. The first kappa shape index (κ1) is 20.9. The van der Waals surface area contributed by atoms with Crippen molar-refractivity contribution in [1.29, 1.82) is 5.26 Å². The Kier molecular flexibility index (Phi) is 5.42. The Morgan fingerprint density at radius 1 is 1.35 bits per heavy atom. The van der Waals surface area contributed by atoms with Gasteiger partial charge in [-0.15, -0.1) is 0 Å². The molecule has 2 aliphatic heterocycles. The van der Waals surface area contributed by atoms with E-state index in [1.807, 2.05) is 44.2 Å². The number of carbonyl (C=O) groups excluding carboxylic acids is 1. The van der Waals surface area contributed by atoms with Gasteiger partial charge >= 0.3 is 0 Å². The maximum absolute atomic E-state index is 13.3. The highest BCUT2D eigenvalue weighted by Crippen LogP contribution is 2.47. The van der Waals surface area contributed by atoms with E-state index in [-0.39, 0.29) is 18.0 Å². The van der Waals surface area contributed by atoms with E-state index in [0.29, 0.717) is 36.5 Å². The smallest absolute Gasteiger partial charge is 0.261 e. The topological polar surface area (TPSA) is 101 Å². The predicted molar refractivity (Wildman–Crippen MR) is 118 cm³/mol. The number of guanidine groups is 1. The van der Waals surface area contributed by atoms with Crippen molar-refractivity contribution in [3.8, 4) is 22.9 Å². The van der Waals surface area contributed by atoms with Crippen LogP contribution in [0.4, 0.5) is 0 Å². The molecular formula is C24H26N4O3. The van der Waals surface area contributed by atoms with Crippen LogP contribution < -0.4 is 10.5 Å². The molecule has 0 radical (unpaired) electrons. The zero-order valence-corrected chi connectivity index (χ0v) is 18.0. The monoisotopic (exact) mass is 418 g/mol. The molecule has 160 valence electrons. The number of fused-ring (bicyclic) bond motifs is 2. The van der Waals surface area contributed by atoms with Crippen molar-refractivity contribution < 1.29 is 14.3 Å². The first-order valence-corrected chi connectivity index (χ1v) is 10.4. The van der Waals surface area contributed by atoms with Gasteiger partial charge in [-0.05, 0) is 54.3 Å². The fourth-order valence-electron chi connectivity index (χ4n) is 4.25. The molecule has 7 heteroatoms. The van der Waals surface area contributed by atoms with E-state index >= 15 is 0 Å². The number of benzene rings is 2. The summed E-state index contributed by atoms with van der Waals surface area (Å²) in [6.07, 6.45) is 0.959. The summed E-state index contributed by atoms with van der Waals surface area (Å²) in [5.41, 5.74) is 9.06. The van der Waals surface area contributed by atoms with Crippen LogP contribution >= 0.6 is 0 Å². The third-order valence-corrected chi connectivity index (χ3v) is 5.88. The summed E-state index contributed by atoms with van der Waals surface area (Å²) >= 11 is 0. The summed E-state index contributed by atoms with van der Waals surface area (Å²) in [6.45, 7) is 5.05. The fraction of sp³-hybridized carbons (Fsp3) is 0.375. The van der Waals surface area contributed by atoms with Gasteiger partial charge < -0.3 is 15.2 Å². The molecule has 0 fully saturated rings. The van der Waals surface area contributed by atoms with Crippen LogP contribution in [0.1, 0.15) is 36.5 Å². The molecule has 1 spiro atoms. The van der Waals surface area contributed by atoms with Crippen LogP contribution in [0.5, 0.6) is 5.75 Å². The molecule has 4 rings (SSSR count). The molecule has 2 aromatic rings. The second-order valence-electron chi connectivity index (χ2n) is 8.07. The number of aryl methyl sites for hydroxylation is 1. The average molecular weight is 418 g/mol. The zero-order chi connectivity index (χ0) is 22.2. The van der Waals surface area contributed by atoms with Gasteiger partial charge in [-0.2, -0.15) is 5.26 Å². The molecule has 2 N–H and O–H groups in total. The minimum atomic E-state index is -1.14. The summed E-state index contributed by atoms with van der Waals surface area (Å²) in [6, 6.07) is 13.5. The van der Waals surface area contributed by atoms with Crippen molar-refractivity contribution in [1.82, 2.24) is 4.90 Å². The number of hydrogen-bond acceptors (Lipinski definition) is 6. The van der Waals surface area contributed by atoms with Crippen molar-refractivity contribution in [2.45, 2.75) is 38.3 Å². The van der Waals surface area contributed by atoms with Crippen LogP contribution in [0.2, 0.25) is 0 Å². The van der Waals surface area contributed by atoms with Crippen molar-refractivity contribution >= 4 is 11.9 Å². The van der Waals surface area contributed by atoms with Gasteiger partial charge in [-0.25, -0.2) is 4.99 Å². The molecule has 1 amide bonds. The number of rotatable bonds is 5. The number of carbonyl (C=O) groups is 1. The highest BCUT2D eigenvalue weighted by Gasteiger charge is 2.53. The molecule has 0 saturated heterocycles. The Morgan fingerprint density at radius 2 is 2.16 bits per heavy atom. The second-order valence-corrected chi connectivity index (χ2v) is 8.07. The first-order valence-electron chi connectivity index (χ1n) is 10.4. The Hall–Kier alpha value is -3.37. The van der Waals surface area contributed by atoms with E-state index in [4.69, 9.17) is 15.2 Å². The van der Waals surface area contributed by atoms with Gasteiger partial charge in [-0.1, -0.05) is 19.1 Å². The molecular weight excluding hydrogens is 392 g/mol. The van der Waals surface area contributed by atoms with Gasteiger partial charge in [-0.3, -0.25) is 9.69 Å². The molecule has 0 bridgehead atoms. The number of nitrogens with zero attached hydrogens (tertiary/aromatic N) is 3. The zero-order valence-electron chi connectivity index (χ0n) is 18.0. The highest BCUT2D eigenvalue weighted by molar-refractivity contribution is 6.07. The van der Waals surface area contributed by atoms with Crippen LogP contribution in [0, 0.1) is 18.3 Å². The number of aliphatic imine (C=N–C) groups is 1. The Labute approximate surface area is 182 Å². The first-order chi connectivity index (χ1) is 14.9. The molecule has 0 saturated carbocycles. The lowest BCUT2D eigenvalue weighted by atomic mass is 9.80. The van der Waals surface area contributed by atoms with Crippen LogP contribution in [-0.4, -0.2) is 43.1 Å². The van der Waals surface area contributed by atoms with E-state index in [2.05, 4.69) is 11.1 Å². The Bertz CT molecular complexity index is 1100. The molecule has 0 aliphatic carbocycles. The van der Waals surface area contributed by atoms with E-state index in [1.165, 1.54) is 4.90 Å². The standard InChI is InChI=1S/C24H26N4O3/c1-4-9-30-14-18-12-24(22(29)28(3)23(26)27-24)20-11-17(7-8-21(20)31-18)19-10-16(13-25)6-5-15(19)2/h5-8,10-11,18H,4,9,12,14H2,1-3H3,(H2,26,27). The van der Waals surface area contributed by atoms with Gasteiger partial charge in [0.05, 0.1) is 18.2 Å². The third kappa shape index (κ3) is 3.53. The predicted octanol–water partition coefficient (Wildman–Crippen LogP) is 3.09. The van der Waals surface area contributed by atoms with Crippen LogP contribution in [-0.2, 0) is 15.1 Å². The van der Waals surface area contributed by atoms with Crippen LogP contribution in [0.3, 0.4) is 0 Å². The quantitative estimate of drug-likeness (QED) is 0.752. The summed E-state index contributed by atoms with van der Waals surface area (Å²) in [7, 11) is 1.64. The maximum atomic E-state index is 13.3. The van der Waals surface area contributed by atoms with Gasteiger partial charge in [0, 0.05) is 25.6 Å². The molecule has 2 atom stereocenters. The molecule has 0 aromatic heterocycles. The Morgan fingerprint density at radius 3 is 2.84 bits per heavy atom. The summed E-state index contributed by atoms with van der Waals surface area (Å²) in [5, 5.41) is 9.31. The summed E-state index contributed by atoms with van der Waals surface area (Å²) < 4.78 is 11.9. The molecule has 2 heterocycles. The van der Waals surface area contributed by atoms with Gasteiger partial charge in [0.1, 0.15) is 11.9 Å². The lowest BCUT2D eigenvalue weighted by Gasteiger charge is -2.36. The molecule has 31 heavy (non-hydrogen) atoms. The molecule has 7 nitrogen and oxygen atoms in total. The van der Waals surface area contributed by atoms with E-state index in [1.54, 1.807) is 13.1 Å². The Balaban J connectivity index is 1.82. The van der Waals surface area contributed by atoms with Gasteiger partial charge in [0.15, 0.2) is 11.5 Å². The lowest BCUT2D eigenvalue weighted by molar-refractivity contribution is -0.132. The lowest BCUT2D eigenvalue weighted by Crippen LogP contribution is -2.46. The largest absolute Gasteiger partial charge is 0.488 e. The second kappa shape index (κ2) is 8.05. The number of ether oxygens (including phenoxy) is 2.